The molecule has 0 spiro atoms. The molecule has 0 aliphatic rings. The van der Waals surface area contributed by atoms with Gasteiger partial charge in [-0.1, -0.05) is 44.4 Å². The summed E-state index contributed by atoms with van der Waals surface area (Å²) in [6.07, 6.45) is 2.28. The minimum Gasteiger partial charge on any atom is -0.493 e. The smallest absolute Gasteiger partial charge is 0.120 e. The number of hydrogen-bond donors (Lipinski definition) is 1. The van der Waals surface area contributed by atoms with Crippen molar-refractivity contribution in [2.45, 2.75) is 39.7 Å². The molecule has 0 amide bonds. The molecule has 0 aliphatic heterocycles. The van der Waals surface area contributed by atoms with Gasteiger partial charge in [0.05, 0.1) is 6.61 Å². The summed E-state index contributed by atoms with van der Waals surface area (Å²) in [6, 6.07) is 5.68. The first-order valence-electron chi connectivity index (χ1n) is 6.26. The highest BCUT2D eigenvalue weighted by Crippen LogP contribution is 2.26. The predicted octanol–water partition coefficient (Wildman–Crippen LogP) is 4.17. The Hall–Kier alpha value is -0.730. The van der Waals surface area contributed by atoms with E-state index in [4.69, 9.17) is 22.1 Å². The summed E-state index contributed by atoms with van der Waals surface area (Å²) in [6.45, 7) is 7.04. The summed E-state index contributed by atoms with van der Waals surface area (Å²) >= 11 is 6.15. The zero-order valence-electron chi connectivity index (χ0n) is 10.9. The molecule has 1 rings (SSSR count). The lowest BCUT2D eigenvalue weighted by Crippen LogP contribution is -2.10. The molecule has 2 N–H and O–H groups in total. The molecule has 1 atom stereocenters. The maximum atomic E-state index is 6.15. The molecule has 0 radical (unpaired) electrons. The van der Waals surface area contributed by atoms with Crippen LogP contribution in [0.25, 0.3) is 0 Å². The highest BCUT2D eigenvalue weighted by molar-refractivity contribution is 6.31. The monoisotopic (exact) mass is 255 g/mol. The van der Waals surface area contributed by atoms with Crippen LogP contribution in [0.1, 0.15) is 45.2 Å². The van der Waals surface area contributed by atoms with Crippen LogP contribution in [0.3, 0.4) is 0 Å². The van der Waals surface area contributed by atoms with E-state index in [-0.39, 0.29) is 6.04 Å². The summed E-state index contributed by atoms with van der Waals surface area (Å²) in [5.41, 5.74) is 6.76. The van der Waals surface area contributed by atoms with Gasteiger partial charge in [-0.15, -0.1) is 0 Å². The number of ether oxygens (including phenoxy) is 1. The van der Waals surface area contributed by atoms with Crippen molar-refractivity contribution in [3.63, 3.8) is 0 Å². The molecule has 0 fully saturated rings. The molecule has 0 aromatic heterocycles. The van der Waals surface area contributed by atoms with Gasteiger partial charge in [0.15, 0.2) is 0 Å². The number of halogens is 1. The lowest BCUT2D eigenvalue weighted by molar-refractivity contribution is 0.240. The van der Waals surface area contributed by atoms with E-state index < -0.39 is 0 Å². The van der Waals surface area contributed by atoms with Gasteiger partial charge >= 0.3 is 0 Å². The van der Waals surface area contributed by atoms with Crippen LogP contribution in [0.15, 0.2) is 18.2 Å². The number of hydrogen-bond acceptors (Lipinski definition) is 2. The average molecular weight is 256 g/mol. The minimum absolute atomic E-state index is 0.0458. The van der Waals surface area contributed by atoms with E-state index in [0.717, 1.165) is 30.8 Å². The van der Waals surface area contributed by atoms with Crippen LogP contribution in [0.2, 0.25) is 5.02 Å². The van der Waals surface area contributed by atoms with Crippen molar-refractivity contribution in [3.8, 4) is 5.75 Å². The van der Waals surface area contributed by atoms with Gasteiger partial charge in [-0.2, -0.15) is 0 Å². The lowest BCUT2D eigenvalue weighted by Gasteiger charge is -2.15. The van der Waals surface area contributed by atoms with Crippen molar-refractivity contribution < 1.29 is 4.74 Å². The molecule has 0 saturated heterocycles. The zero-order valence-corrected chi connectivity index (χ0v) is 11.6. The minimum atomic E-state index is -0.0458. The number of rotatable bonds is 6. The first-order valence-corrected chi connectivity index (χ1v) is 6.64. The standard InChI is InChI=1S/C14H22ClNO/c1-4-11(5-2)9-17-12-6-7-13(10(3)16)14(15)8-12/h6-8,10-11H,4-5,9,16H2,1-3H3. The topological polar surface area (TPSA) is 35.2 Å². The van der Waals surface area contributed by atoms with Gasteiger partial charge < -0.3 is 10.5 Å². The van der Waals surface area contributed by atoms with Gasteiger partial charge in [0.2, 0.25) is 0 Å². The van der Waals surface area contributed by atoms with Gasteiger partial charge in [0.25, 0.3) is 0 Å². The Morgan fingerprint density at radius 1 is 1.29 bits per heavy atom. The first kappa shape index (κ1) is 14.3. The second-order valence-corrected chi connectivity index (χ2v) is 4.87. The van der Waals surface area contributed by atoms with Gasteiger partial charge in [0, 0.05) is 11.1 Å². The van der Waals surface area contributed by atoms with Crippen LogP contribution in [0.4, 0.5) is 0 Å². The van der Waals surface area contributed by atoms with E-state index in [0.29, 0.717) is 10.9 Å². The third-order valence-electron chi connectivity index (χ3n) is 3.10. The summed E-state index contributed by atoms with van der Waals surface area (Å²) in [5, 5.41) is 0.682. The van der Waals surface area contributed by atoms with Crippen molar-refractivity contribution in [1.29, 1.82) is 0 Å². The van der Waals surface area contributed by atoms with Crippen molar-refractivity contribution in [2.75, 3.05) is 6.61 Å². The fourth-order valence-electron chi connectivity index (χ4n) is 1.71. The summed E-state index contributed by atoms with van der Waals surface area (Å²) in [4.78, 5) is 0. The molecule has 17 heavy (non-hydrogen) atoms. The molecule has 3 heteroatoms. The quantitative estimate of drug-likeness (QED) is 0.828. The van der Waals surface area contributed by atoms with Crippen molar-refractivity contribution >= 4 is 11.6 Å². The molecule has 96 valence electrons. The zero-order chi connectivity index (χ0) is 12.8. The molecular weight excluding hydrogens is 234 g/mol. The Balaban J connectivity index is 2.64. The molecular formula is C14H22ClNO. The Kier molecular flexibility index (Phi) is 5.79. The maximum Gasteiger partial charge on any atom is 0.120 e. The Morgan fingerprint density at radius 3 is 2.41 bits per heavy atom. The Labute approximate surface area is 109 Å². The summed E-state index contributed by atoms with van der Waals surface area (Å²) < 4.78 is 5.74. The van der Waals surface area contributed by atoms with Crippen LogP contribution in [0, 0.1) is 5.92 Å². The molecule has 2 nitrogen and oxygen atoms in total. The number of nitrogens with two attached hydrogens (primary N) is 1. The number of benzene rings is 1. The molecule has 1 unspecified atom stereocenters. The summed E-state index contributed by atoms with van der Waals surface area (Å²) in [7, 11) is 0. The highest BCUT2D eigenvalue weighted by atomic mass is 35.5. The van der Waals surface area contributed by atoms with E-state index in [9.17, 15) is 0 Å². The van der Waals surface area contributed by atoms with Gasteiger partial charge in [-0.25, -0.2) is 0 Å². The van der Waals surface area contributed by atoms with Gasteiger partial charge in [0.1, 0.15) is 5.75 Å². The van der Waals surface area contributed by atoms with Crippen LogP contribution >= 0.6 is 11.6 Å². The maximum absolute atomic E-state index is 6.15. The lowest BCUT2D eigenvalue weighted by atomic mass is 10.1. The highest BCUT2D eigenvalue weighted by Gasteiger charge is 2.08. The van der Waals surface area contributed by atoms with E-state index in [2.05, 4.69) is 13.8 Å². The van der Waals surface area contributed by atoms with E-state index in [1.54, 1.807) is 0 Å². The van der Waals surface area contributed by atoms with Crippen LogP contribution < -0.4 is 10.5 Å². The van der Waals surface area contributed by atoms with Crippen molar-refractivity contribution in [1.82, 2.24) is 0 Å². The first-order chi connectivity index (χ1) is 8.08. The van der Waals surface area contributed by atoms with E-state index in [1.807, 2.05) is 25.1 Å². The van der Waals surface area contributed by atoms with E-state index >= 15 is 0 Å². The molecule has 0 bridgehead atoms. The SMILES string of the molecule is CCC(CC)COc1ccc(C(C)N)c(Cl)c1. The van der Waals surface area contributed by atoms with Crippen molar-refractivity contribution in [3.05, 3.63) is 28.8 Å². The van der Waals surface area contributed by atoms with Crippen LogP contribution in [-0.2, 0) is 0 Å². The van der Waals surface area contributed by atoms with Gasteiger partial charge in [-0.05, 0) is 30.5 Å². The van der Waals surface area contributed by atoms with Gasteiger partial charge in [-0.3, -0.25) is 0 Å². The van der Waals surface area contributed by atoms with E-state index in [1.165, 1.54) is 0 Å². The molecule has 0 saturated carbocycles. The third-order valence-corrected chi connectivity index (χ3v) is 3.43. The molecule has 0 heterocycles. The average Bonchev–Trinajstić information content (AvgIpc) is 2.30. The largest absolute Gasteiger partial charge is 0.493 e. The predicted molar refractivity (Wildman–Crippen MR) is 73.6 cm³/mol. The third kappa shape index (κ3) is 4.21. The Morgan fingerprint density at radius 2 is 1.94 bits per heavy atom. The molecule has 1 aromatic rings. The molecule has 0 aliphatic carbocycles. The fourth-order valence-corrected chi connectivity index (χ4v) is 2.05. The van der Waals surface area contributed by atoms with Crippen LogP contribution in [-0.4, -0.2) is 6.61 Å². The molecule has 1 aromatic carbocycles. The van der Waals surface area contributed by atoms with Crippen LogP contribution in [0.5, 0.6) is 5.75 Å². The second kappa shape index (κ2) is 6.87. The normalized spacial score (nSPS) is 12.8. The fraction of sp³-hybridized carbons (Fsp3) is 0.571. The second-order valence-electron chi connectivity index (χ2n) is 4.47. The van der Waals surface area contributed by atoms with Crippen molar-refractivity contribution in [2.24, 2.45) is 11.7 Å². The Bertz CT molecular complexity index is 348. The summed E-state index contributed by atoms with van der Waals surface area (Å²) in [5.74, 6) is 1.44.